The van der Waals surface area contributed by atoms with Gasteiger partial charge in [0, 0.05) is 157 Å². The number of para-hydroxylation sites is 8. The molecule has 6 atom stereocenters. The summed E-state index contributed by atoms with van der Waals surface area (Å²) in [5.41, 5.74) is 38.0. The second-order valence-corrected chi connectivity index (χ2v) is 38.8. The van der Waals surface area contributed by atoms with Crippen LogP contribution in [0.15, 0.2) is 500 Å². The van der Waals surface area contributed by atoms with Crippen molar-refractivity contribution in [1.29, 1.82) is 0 Å². The molecule has 10 heteroatoms. The lowest BCUT2D eigenvalue weighted by Crippen LogP contribution is -2.35. The molecule has 6 unspecified atom stereocenters. The molecule has 4 aliphatic carbocycles. The molecule has 4 aromatic heterocycles. The number of anilines is 10. The predicted molar refractivity (Wildman–Crippen MR) is 593 cm³/mol. The number of hydrogen-bond acceptors (Lipinski definition) is 9. The van der Waals surface area contributed by atoms with Crippen LogP contribution in [0.2, 0.25) is 0 Å². The van der Waals surface area contributed by atoms with Crippen LogP contribution in [0.4, 0.5) is 56.9 Å². The molecule has 0 spiro atoms. The second-order valence-electron chi connectivity index (χ2n) is 38.8. The van der Waals surface area contributed by atoms with Gasteiger partial charge in [0.25, 0.3) is 0 Å². The van der Waals surface area contributed by atoms with E-state index in [1.165, 1.54) is 55.7 Å². The number of aromatic nitrogens is 3. The highest BCUT2D eigenvalue weighted by atomic mass is 16.5. The number of furan rings is 2. The van der Waals surface area contributed by atoms with Crippen LogP contribution in [0.1, 0.15) is 70.9 Å². The lowest BCUT2D eigenvalue weighted by Gasteiger charge is -2.37. The molecule has 0 N–H and O–H groups in total. The van der Waals surface area contributed by atoms with E-state index in [-0.39, 0.29) is 35.8 Å². The van der Waals surface area contributed by atoms with Crippen molar-refractivity contribution in [3.05, 3.63) is 524 Å². The van der Waals surface area contributed by atoms with Gasteiger partial charge in [-0.1, -0.05) is 322 Å². The molecule has 0 saturated heterocycles. The first-order valence-corrected chi connectivity index (χ1v) is 50.2. The van der Waals surface area contributed by atoms with Crippen molar-refractivity contribution in [3.8, 4) is 78.7 Å². The average Bonchev–Trinajstić information content (AvgIpc) is 1.55. The number of benzene rings is 18. The molecule has 2 aliphatic heterocycles. The molecule has 0 saturated carbocycles. The van der Waals surface area contributed by atoms with Gasteiger partial charge in [-0.2, -0.15) is 0 Å². The minimum atomic E-state index is -0.163. The normalized spacial score (nSPS) is 16.9. The molecule has 10 nitrogen and oxygen atoms in total. The lowest BCUT2D eigenvalue weighted by atomic mass is 9.85. The molecular weight excluding hydrogens is 1760 g/mol. The minimum Gasteiger partial charge on any atom is -0.484 e. The fourth-order valence-electron chi connectivity index (χ4n) is 23.8. The van der Waals surface area contributed by atoms with Crippen LogP contribution in [0.3, 0.4) is 0 Å². The molecule has 0 fully saturated rings. The van der Waals surface area contributed by atoms with Gasteiger partial charge in [-0.15, -0.1) is 0 Å². The predicted octanol–water partition coefficient (Wildman–Crippen LogP) is 35.2. The van der Waals surface area contributed by atoms with Crippen molar-refractivity contribution in [2.75, 3.05) is 19.6 Å². The highest BCUT2D eigenvalue weighted by Gasteiger charge is 2.39. The average molecular weight is 1850 g/mol. The van der Waals surface area contributed by atoms with Gasteiger partial charge in [0.1, 0.15) is 34.2 Å². The van der Waals surface area contributed by atoms with Gasteiger partial charge in [-0.3, -0.25) is 0 Å². The van der Waals surface area contributed by atoms with Gasteiger partial charge >= 0.3 is 0 Å². The van der Waals surface area contributed by atoms with Crippen molar-refractivity contribution in [1.82, 2.24) is 14.5 Å². The minimum absolute atomic E-state index is 0.00872. The van der Waals surface area contributed by atoms with Crippen molar-refractivity contribution >= 4 is 128 Å². The summed E-state index contributed by atoms with van der Waals surface area (Å²) in [6, 6.07) is 155. The zero-order valence-corrected chi connectivity index (χ0v) is 79.1. The first kappa shape index (κ1) is 84.0. The standard InChI is InChI=1S/C134H95N7O3/c1-85-77-90(108-50-28-53-117-114-47-17-22-58-130(114)144-133(108)117)64-74-123(85)139(103-71-76-127-120(83-103)111-44-14-19-55-125(111)141(127)95-37-9-4-10-38-95)100-41-24-33-92(79-100)122-84-121(91-32-23-39-98(78-91)137(96-65-59-88(60-66-96)106-48-26-51-115-112-45-15-20-56-128(112)142-131(106)115)101-69-73-109-105(86-29-5-2-6-30-86)72-63-87-31-11-12-42-104(87)118(109)81-101)135-134(136-122)93-34-25-40-99(80-93)138(97-67-61-89(62-68-97)107-49-27-52-116-113-46-16-21-57-129(113)143-132(107)116)102-70-75-126-119(82-102)110-43-13-18-54-124(110)140(126)94-35-7-3-8-36-94/h2-42,44-62,64-71,73-85,105,110,112,123,128H,43,63,72H2,1H3. The molecule has 6 heterocycles. The van der Waals surface area contributed by atoms with Crippen LogP contribution in [0.5, 0.6) is 5.75 Å². The topological polar surface area (TPSA) is 79.2 Å². The van der Waals surface area contributed by atoms with E-state index in [0.717, 1.165) is 204 Å². The third-order valence-electron chi connectivity index (χ3n) is 30.5. The zero-order valence-electron chi connectivity index (χ0n) is 79.1. The number of rotatable bonds is 18. The summed E-state index contributed by atoms with van der Waals surface area (Å²) in [6.45, 7) is 2.36. The Bertz CT molecular complexity index is 9110. The summed E-state index contributed by atoms with van der Waals surface area (Å²) in [4.78, 5) is 21.7. The number of hydrogen-bond donors (Lipinski definition) is 0. The monoisotopic (exact) mass is 1850 g/mol. The first-order chi connectivity index (χ1) is 71.3. The summed E-state index contributed by atoms with van der Waals surface area (Å²) in [5.74, 6) is 1.98. The Labute approximate surface area is 835 Å². The zero-order chi connectivity index (χ0) is 95.0. The molecule has 28 rings (SSSR count). The maximum Gasteiger partial charge on any atom is 0.160 e. The van der Waals surface area contributed by atoms with Gasteiger partial charge in [0.05, 0.1) is 28.5 Å². The summed E-state index contributed by atoms with van der Waals surface area (Å²) < 4.78 is 22.8. The third kappa shape index (κ3) is 14.4. The van der Waals surface area contributed by atoms with E-state index in [1.54, 1.807) is 0 Å². The van der Waals surface area contributed by atoms with Crippen LogP contribution >= 0.6 is 0 Å². The fourth-order valence-corrected chi connectivity index (χ4v) is 23.8. The van der Waals surface area contributed by atoms with E-state index in [2.05, 4.69) is 504 Å². The maximum absolute atomic E-state index is 6.86. The Morgan fingerprint density at radius 2 is 0.903 bits per heavy atom. The van der Waals surface area contributed by atoms with E-state index in [9.17, 15) is 0 Å². The van der Waals surface area contributed by atoms with E-state index in [0.29, 0.717) is 5.82 Å². The van der Waals surface area contributed by atoms with Gasteiger partial charge in [-0.05, 0) is 245 Å². The van der Waals surface area contributed by atoms with Crippen molar-refractivity contribution < 1.29 is 13.6 Å². The van der Waals surface area contributed by atoms with Gasteiger partial charge < -0.3 is 37.7 Å². The molecule has 18 aromatic carbocycles. The van der Waals surface area contributed by atoms with E-state index < -0.39 is 0 Å². The van der Waals surface area contributed by atoms with Crippen LogP contribution < -0.4 is 24.3 Å². The van der Waals surface area contributed by atoms with E-state index >= 15 is 0 Å². The SMILES string of the molecule is CC1C=C(c2cccc3c2oc2ccccc23)C=CC1N(c1cccc(-c2cc(-c3cccc(N(c4ccc(-c5cccc6c5OC5C=CC=CC65)cc4)c4ccc5c(c4)-c4ccccc4CCC5c4ccccc4)c3)nc(-c3cccc(N(c4ccc(-c5cccc6c5oc5ccccc56)cc4)c4ccc5c(c4)C4CC=CC=C4N5c4ccccc4)c3)n2)c1)c1ccc2c(c1)c1ccccc1n2-c1ccccc1. The number of allylic oxidation sites excluding steroid dienone is 8. The van der Waals surface area contributed by atoms with Crippen LogP contribution in [-0.4, -0.2) is 26.7 Å². The van der Waals surface area contributed by atoms with Gasteiger partial charge in [-0.25, -0.2) is 9.97 Å². The molecule has 144 heavy (non-hydrogen) atoms. The van der Waals surface area contributed by atoms with Crippen LogP contribution in [0, 0.1) is 5.92 Å². The third-order valence-corrected chi connectivity index (χ3v) is 30.5. The van der Waals surface area contributed by atoms with E-state index in [1.807, 2.05) is 12.1 Å². The van der Waals surface area contributed by atoms with Crippen molar-refractivity contribution in [3.63, 3.8) is 0 Å². The maximum atomic E-state index is 6.86. The second kappa shape index (κ2) is 34.7. The summed E-state index contributed by atoms with van der Waals surface area (Å²) in [6.07, 6.45) is 25.5. The highest BCUT2D eigenvalue weighted by Crippen LogP contribution is 2.56. The van der Waals surface area contributed by atoms with Crippen LogP contribution in [0.25, 0.3) is 144 Å². The number of ether oxygens (including phenoxy) is 1. The van der Waals surface area contributed by atoms with Crippen molar-refractivity contribution in [2.24, 2.45) is 5.92 Å². The first-order valence-electron chi connectivity index (χ1n) is 50.2. The molecule has 6 aliphatic rings. The Kier molecular flexibility index (Phi) is 20.3. The molecule has 0 amide bonds. The molecule has 22 aromatic rings. The van der Waals surface area contributed by atoms with E-state index in [4.69, 9.17) is 23.5 Å². The Morgan fingerprint density at radius 3 is 1.64 bits per heavy atom. The molecular formula is C134H95N7O3. The fraction of sp³-hybridized carbons (Fsp3) is 0.0746. The highest BCUT2D eigenvalue weighted by molar-refractivity contribution is 6.13. The molecule has 0 bridgehead atoms. The molecule has 684 valence electrons. The van der Waals surface area contributed by atoms with Gasteiger partial charge in [0.2, 0.25) is 0 Å². The Balaban J connectivity index is 0.628. The summed E-state index contributed by atoms with van der Waals surface area (Å²) in [7, 11) is 0. The Morgan fingerprint density at radius 1 is 0.354 bits per heavy atom. The number of aryl methyl sites for hydroxylation is 1. The van der Waals surface area contributed by atoms with Crippen molar-refractivity contribution in [2.45, 2.75) is 56.1 Å². The lowest BCUT2D eigenvalue weighted by molar-refractivity contribution is 0.270. The van der Waals surface area contributed by atoms with Crippen LogP contribution in [-0.2, 0) is 6.42 Å². The quantitative estimate of drug-likeness (QED) is 0.0835. The smallest absolute Gasteiger partial charge is 0.160 e. The largest absolute Gasteiger partial charge is 0.484 e. The molecule has 0 radical (unpaired) electrons. The Hall–Kier alpha value is -18.1. The van der Waals surface area contributed by atoms with Gasteiger partial charge in [0.15, 0.2) is 5.82 Å². The number of nitrogens with zero attached hydrogens (tertiary/aromatic N) is 7. The number of fused-ring (bicyclic) bond motifs is 18. The summed E-state index contributed by atoms with van der Waals surface area (Å²) >= 11 is 0. The summed E-state index contributed by atoms with van der Waals surface area (Å²) in [5, 5.41) is 6.73.